The molecule has 0 aliphatic heterocycles. The predicted octanol–water partition coefficient (Wildman–Crippen LogP) is 1.60. The van der Waals surface area contributed by atoms with Crippen LogP contribution in [-0.2, 0) is 7.05 Å². The highest BCUT2D eigenvalue weighted by atomic mass is 15.3. The van der Waals surface area contributed by atoms with Crippen molar-refractivity contribution < 1.29 is 0 Å². The Kier molecular flexibility index (Phi) is 4.24. The smallest absolute Gasteiger partial charge is 0.223 e. The van der Waals surface area contributed by atoms with E-state index in [1.165, 1.54) is 0 Å². The number of aryl methyl sites for hydroxylation is 1. The van der Waals surface area contributed by atoms with Crippen molar-refractivity contribution in [1.29, 1.82) is 0 Å². The maximum Gasteiger partial charge on any atom is 0.223 e. The van der Waals surface area contributed by atoms with Crippen molar-refractivity contribution in [3.05, 3.63) is 18.5 Å². The Bertz CT molecular complexity index is 629. The average molecular weight is 301 g/mol. The van der Waals surface area contributed by atoms with Gasteiger partial charge < -0.3 is 16.4 Å². The Morgan fingerprint density at radius 3 is 2.77 bits per heavy atom. The van der Waals surface area contributed by atoms with E-state index < -0.39 is 0 Å². The second-order valence-corrected chi connectivity index (χ2v) is 5.80. The van der Waals surface area contributed by atoms with E-state index in [0.717, 1.165) is 42.8 Å². The number of hydrogen-bond donors (Lipinski definition) is 3. The van der Waals surface area contributed by atoms with Crippen molar-refractivity contribution in [3.63, 3.8) is 0 Å². The Morgan fingerprint density at radius 1 is 1.27 bits per heavy atom. The third-order valence-corrected chi connectivity index (χ3v) is 4.21. The monoisotopic (exact) mass is 301 g/mol. The molecule has 0 atom stereocenters. The molecule has 4 N–H and O–H groups in total. The van der Waals surface area contributed by atoms with Gasteiger partial charge in [-0.25, -0.2) is 9.97 Å². The van der Waals surface area contributed by atoms with Gasteiger partial charge in [0.15, 0.2) is 0 Å². The van der Waals surface area contributed by atoms with Crippen molar-refractivity contribution in [1.82, 2.24) is 19.7 Å². The van der Waals surface area contributed by atoms with Crippen molar-refractivity contribution in [3.8, 4) is 11.3 Å². The molecule has 0 radical (unpaired) electrons. The maximum absolute atomic E-state index is 5.95. The highest BCUT2D eigenvalue weighted by Crippen LogP contribution is 2.26. The molecule has 0 amide bonds. The molecule has 0 bridgehead atoms. The standard InChI is InChI=1S/C15H23N7/c1-17-14-12(9-19-22(14)2)13-7-8-18-15(21-13)20-11-5-3-10(16)4-6-11/h7-11,17H,3-6,16H2,1-2H3,(H,18,20,21). The summed E-state index contributed by atoms with van der Waals surface area (Å²) in [4.78, 5) is 8.97. The fourth-order valence-corrected chi connectivity index (χ4v) is 2.95. The minimum atomic E-state index is 0.346. The molecule has 22 heavy (non-hydrogen) atoms. The fourth-order valence-electron chi connectivity index (χ4n) is 2.95. The third kappa shape index (κ3) is 3.04. The van der Waals surface area contributed by atoms with Crippen LogP contribution in [0.4, 0.5) is 11.8 Å². The van der Waals surface area contributed by atoms with Crippen LogP contribution in [0.3, 0.4) is 0 Å². The summed E-state index contributed by atoms with van der Waals surface area (Å²) < 4.78 is 1.80. The highest BCUT2D eigenvalue weighted by Gasteiger charge is 2.19. The maximum atomic E-state index is 5.95. The van der Waals surface area contributed by atoms with Crippen LogP contribution in [0, 0.1) is 0 Å². The molecule has 118 valence electrons. The molecule has 0 aromatic carbocycles. The second-order valence-electron chi connectivity index (χ2n) is 5.80. The van der Waals surface area contributed by atoms with Gasteiger partial charge in [0, 0.05) is 32.4 Å². The minimum absolute atomic E-state index is 0.346. The molecule has 1 aliphatic carbocycles. The summed E-state index contributed by atoms with van der Waals surface area (Å²) >= 11 is 0. The zero-order chi connectivity index (χ0) is 15.5. The Morgan fingerprint density at radius 2 is 2.05 bits per heavy atom. The average Bonchev–Trinajstić information content (AvgIpc) is 2.91. The SMILES string of the molecule is CNc1c(-c2ccnc(NC3CCC(N)CC3)n2)cnn1C. The lowest BCUT2D eigenvalue weighted by molar-refractivity contribution is 0.410. The molecule has 0 spiro atoms. The van der Waals surface area contributed by atoms with Gasteiger partial charge >= 0.3 is 0 Å². The molecular formula is C15H23N7. The number of nitrogens with two attached hydrogens (primary N) is 1. The van der Waals surface area contributed by atoms with Crippen molar-refractivity contribution in [2.45, 2.75) is 37.8 Å². The van der Waals surface area contributed by atoms with E-state index in [9.17, 15) is 0 Å². The summed E-state index contributed by atoms with van der Waals surface area (Å²) in [6.07, 6.45) is 7.86. The Balaban J connectivity index is 1.78. The molecule has 0 saturated heterocycles. The zero-order valence-corrected chi connectivity index (χ0v) is 13.1. The topological polar surface area (TPSA) is 93.7 Å². The predicted molar refractivity (Wildman–Crippen MR) is 87.6 cm³/mol. The van der Waals surface area contributed by atoms with E-state index in [0.29, 0.717) is 18.0 Å². The molecule has 2 heterocycles. The van der Waals surface area contributed by atoms with E-state index in [1.807, 2.05) is 26.4 Å². The van der Waals surface area contributed by atoms with Crippen LogP contribution in [0.2, 0.25) is 0 Å². The van der Waals surface area contributed by atoms with E-state index in [1.54, 1.807) is 10.9 Å². The number of rotatable bonds is 4. The highest BCUT2D eigenvalue weighted by molar-refractivity contribution is 5.72. The number of nitrogens with zero attached hydrogens (tertiary/aromatic N) is 4. The van der Waals surface area contributed by atoms with Crippen LogP contribution in [-0.4, -0.2) is 38.9 Å². The normalized spacial score (nSPS) is 21.6. The largest absolute Gasteiger partial charge is 0.373 e. The first kappa shape index (κ1) is 14.8. The van der Waals surface area contributed by atoms with Gasteiger partial charge in [-0.3, -0.25) is 4.68 Å². The lowest BCUT2D eigenvalue weighted by Crippen LogP contribution is -2.33. The van der Waals surface area contributed by atoms with Crippen LogP contribution in [0.15, 0.2) is 18.5 Å². The van der Waals surface area contributed by atoms with Crippen molar-refractivity contribution >= 4 is 11.8 Å². The van der Waals surface area contributed by atoms with Crippen LogP contribution < -0.4 is 16.4 Å². The number of aromatic nitrogens is 4. The van der Waals surface area contributed by atoms with Crippen molar-refractivity contribution in [2.24, 2.45) is 12.8 Å². The van der Waals surface area contributed by atoms with Gasteiger partial charge in [0.1, 0.15) is 5.82 Å². The van der Waals surface area contributed by atoms with Gasteiger partial charge in [-0.1, -0.05) is 0 Å². The van der Waals surface area contributed by atoms with Crippen LogP contribution in [0.25, 0.3) is 11.3 Å². The summed E-state index contributed by atoms with van der Waals surface area (Å²) in [7, 11) is 3.78. The van der Waals surface area contributed by atoms with Gasteiger partial charge in [-0.05, 0) is 31.7 Å². The van der Waals surface area contributed by atoms with E-state index in [2.05, 4.69) is 25.7 Å². The summed E-state index contributed by atoms with van der Waals surface area (Å²) in [6, 6.07) is 2.66. The molecule has 3 rings (SSSR count). The zero-order valence-electron chi connectivity index (χ0n) is 13.1. The summed E-state index contributed by atoms with van der Waals surface area (Å²) in [5, 5.41) is 10.9. The Hall–Kier alpha value is -2.15. The second kappa shape index (κ2) is 6.31. The first-order valence-corrected chi connectivity index (χ1v) is 7.72. The molecule has 1 fully saturated rings. The molecule has 1 saturated carbocycles. The molecule has 7 nitrogen and oxygen atoms in total. The third-order valence-electron chi connectivity index (χ3n) is 4.21. The van der Waals surface area contributed by atoms with E-state index >= 15 is 0 Å². The van der Waals surface area contributed by atoms with Gasteiger partial charge in [-0.15, -0.1) is 0 Å². The number of anilines is 2. The molecule has 2 aromatic heterocycles. The molecular weight excluding hydrogens is 278 g/mol. The molecule has 0 unspecified atom stereocenters. The molecule has 2 aromatic rings. The van der Waals surface area contributed by atoms with Gasteiger partial charge in [-0.2, -0.15) is 5.10 Å². The van der Waals surface area contributed by atoms with E-state index in [4.69, 9.17) is 5.73 Å². The Labute approximate surface area is 130 Å². The lowest BCUT2D eigenvalue weighted by Gasteiger charge is -2.26. The number of nitrogens with one attached hydrogen (secondary N) is 2. The molecule has 1 aliphatic rings. The lowest BCUT2D eigenvalue weighted by atomic mass is 9.92. The van der Waals surface area contributed by atoms with Crippen LogP contribution in [0.1, 0.15) is 25.7 Å². The first-order valence-electron chi connectivity index (χ1n) is 7.72. The summed E-state index contributed by atoms with van der Waals surface area (Å²) in [5.74, 6) is 1.61. The number of hydrogen-bond acceptors (Lipinski definition) is 6. The first-order chi connectivity index (χ1) is 10.7. The van der Waals surface area contributed by atoms with Gasteiger partial charge in [0.2, 0.25) is 5.95 Å². The summed E-state index contributed by atoms with van der Waals surface area (Å²) in [6.45, 7) is 0. The summed E-state index contributed by atoms with van der Waals surface area (Å²) in [5.41, 5.74) is 7.79. The fraction of sp³-hybridized carbons (Fsp3) is 0.533. The molecule has 7 heteroatoms. The van der Waals surface area contributed by atoms with Gasteiger partial charge in [0.05, 0.1) is 17.5 Å². The van der Waals surface area contributed by atoms with E-state index in [-0.39, 0.29) is 0 Å². The van der Waals surface area contributed by atoms with Crippen molar-refractivity contribution in [2.75, 3.05) is 17.7 Å². The van der Waals surface area contributed by atoms with Crippen LogP contribution >= 0.6 is 0 Å². The van der Waals surface area contributed by atoms with Crippen LogP contribution in [0.5, 0.6) is 0 Å². The van der Waals surface area contributed by atoms with Gasteiger partial charge in [0.25, 0.3) is 0 Å². The quantitative estimate of drug-likeness (QED) is 0.794. The minimum Gasteiger partial charge on any atom is -0.373 e.